The summed E-state index contributed by atoms with van der Waals surface area (Å²) in [6, 6.07) is 3.01. The Kier molecular flexibility index (Phi) is 1.65. The fourth-order valence-corrected chi connectivity index (χ4v) is 3.11. The maximum absolute atomic E-state index is 11.7. The summed E-state index contributed by atoms with van der Waals surface area (Å²) < 4.78 is 30.5. The number of benzene rings is 1. The number of carbonyl (C=O) groups is 1. The molecular weight excluding hydrogens is 232 g/mol. The van der Waals surface area contributed by atoms with Gasteiger partial charge in [-0.05, 0) is 12.1 Å². The Morgan fingerprint density at radius 3 is 3.00 bits per heavy atom. The highest BCUT2D eigenvalue weighted by atomic mass is 32.2. The fraction of sp³-hybridized carbons (Fsp3) is 0.111. The molecule has 0 saturated carbocycles. The molecule has 2 heterocycles. The van der Waals surface area contributed by atoms with E-state index in [1.54, 1.807) is 6.07 Å². The molecule has 0 spiro atoms. The van der Waals surface area contributed by atoms with E-state index >= 15 is 0 Å². The summed E-state index contributed by atoms with van der Waals surface area (Å²) in [7, 11) is -3.77. The molecule has 16 heavy (non-hydrogen) atoms. The Morgan fingerprint density at radius 2 is 2.19 bits per heavy atom. The number of ether oxygens (including phenoxy) is 1. The third kappa shape index (κ3) is 1.09. The number of rotatable bonds is 0. The second-order valence-electron chi connectivity index (χ2n) is 3.37. The molecule has 3 rings (SSSR count). The summed E-state index contributed by atoms with van der Waals surface area (Å²) in [6.45, 7) is 0.160. The van der Waals surface area contributed by atoms with Gasteiger partial charge in [0.15, 0.2) is 6.73 Å². The Balaban J connectivity index is 2.42. The van der Waals surface area contributed by atoms with Crippen LogP contribution in [0, 0.1) is 0 Å². The van der Waals surface area contributed by atoms with Crippen LogP contribution in [0.4, 0.5) is 0 Å². The number of nitrogens with zero attached hydrogens (tertiary/aromatic N) is 1. The smallest absolute Gasteiger partial charge is 0.266 e. The first-order valence-corrected chi connectivity index (χ1v) is 5.95. The molecule has 0 unspecified atom stereocenters. The fourth-order valence-electron chi connectivity index (χ4n) is 1.76. The maximum Gasteiger partial charge on any atom is 0.266 e. The lowest BCUT2D eigenvalue weighted by molar-refractivity contribution is 0.0985. The molecule has 7 heteroatoms. The molecule has 1 N–H and O–H groups in total. The van der Waals surface area contributed by atoms with Crippen molar-refractivity contribution in [1.29, 1.82) is 0 Å². The van der Waals surface area contributed by atoms with Gasteiger partial charge in [-0.15, -0.1) is 0 Å². The summed E-state index contributed by atoms with van der Waals surface area (Å²) in [6.07, 6.45) is 1.41. The summed E-state index contributed by atoms with van der Waals surface area (Å²) in [4.78, 5) is 15.2. The largest absolute Gasteiger partial charge is 0.471 e. The molecular formula is C9H6N2O4S. The van der Waals surface area contributed by atoms with E-state index in [9.17, 15) is 13.2 Å². The lowest BCUT2D eigenvalue weighted by Gasteiger charge is -2.13. The third-order valence-corrected chi connectivity index (χ3v) is 3.84. The van der Waals surface area contributed by atoms with Crippen LogP contribution in [0.2, 0.25) is 0 Å². The van der Waals surface area contributed by atoms with Crippen molar-refractivity contribution in [2.75, 3.05) is 6.73 Å². The molecule has 1 amide bonds. The zero-order valence-electron chi connectivity index (χ0n) is 7.93. The van der Waals surface area contributed by atoms with Gasteiger partial charge in [0.05, 0.1) is 11.1 Å². The SMILES string of the molecule is O=C1NS(=O)(=O)c2c1ccc1c2C=NCO1. The van der Waals surface area contributed by atoms with Crippen LogP contribution in [0.25, 0.3) is 0 Å². The van der Waals surface area contributed by atoms with Gasteiger partial charge in [0.25, 0.3) is 15.9 Å². The van der Waals surface area contributed by atoms with Gasteiger partial charge >= 0.3 is 0 Å². The van der Waals surface area contributed by atoms with Crippen LogP contribution in [0.1, 0.15) is 15.9 Å². The highest BCUT2D eigenvalue weighted by Crippen LogP contribution is 2.32. The minimum atomic E-state index is -3.77. The lowest BCUT2D eigenvalue weighted by atomic mass is 10.1. The van der Waals surface area contributed by atoms with Crippen LogP contribution < -0.4 is 9.46 Å². The van der Waals surface area contributed by atoms with Crippen molar-refractivity contribution in [2.45, 2.75) is 4.90 Å². The number of fused-ring (bicyclic) bond motifs is 3. The van der Waals surface area contributed by atoms with Crippen molar-refractivity contribution in [1.82, 2.24) is 4.72 Å². The van der Waals surface area contributed by atoms with E-state index in [0.29, 0.717) is 11.3 Å². The van der Waals surface area contributed by atoms with Gasteiger partial charge in [-0.3, -0.25) is 9.79 Å². The topological polar surface area (TPSA) is 84.8 Å². The molecule has 0 saturated heterocycles. The minimum Gasteiger partial charge on any atom is -0.471 e. The van der Waals surface area contributed by atoms with Crippen LogP contribution in [0.5, 0.6) is 5.75 Å². The van der Waals surface area contributed by atoms with Crippen molar-refractivity contribution in [2.24, 2.45) is 4.99 Å². The number of nitrogens with one attached hydrogen (secondary N) is 1. The van der Waals surface area contributed by atoms with Crippen LogP contribution >= 0.6 is 0 Å². The van der Waals surface area contributed by atoms with E-state index in [-0.39, 0.29) is 17.2 Å². The van der Waals surface area contributed by atoms with Crippen LogP contribution in [-0.4, -0.2) is 27.3 Å². The maximum atomic E-state index is 11.7. The van der Waals surface area contributed by atoms with Crippen LogP contribution in [0.15, 0.2) is 22.0 Å². The van der Waals surface area contributed by atoms with Gasteiger partial charge in [0, 0.05) is 6.21 Å². The standard InChI is InChI=1S/C9H6N2O4S/c12-9-5-1-2-7-6(3-10-4-15-7)8(5)16(13,14)11-9/h1-3H,4H2,(H,11,12). The lowest BCUT2D eigenvalue weighted by Crippen LogP contribution is -2.21. The Labute approximate surface area is 91.0 Å². The second kappa shape index (κ2) is 2.82. The molecule has 0 atom stereocenters. The quantitative estimate of drug-likeness (QED) is 0.683. The Hall–Kier alpha value is -1.89. The molecule has 0 aromatic heterocycles. The van der Waals surface area contributed by atoms with Crippen molar-refractivity contribution >= 4 is 22.1 Å². The number of carbonyl (C=O) groups excluding carboxylic acids is 1. The highest BCUT2D eigenvalue weighted by molar-refractivity contribution is 7.90. The Morgan fingerprint density at radius 1 is 1.38 bits per heavy atom. The van der Waals surface area contributed by atoms with E-state index < -0.39 is 15.9 Å². The van der Waals surface area contributed by atoms with Gasteiger partial charge < -0.3 is 4.74 Å². The number of amides is 1. The first-order valence-electron chi connectivity index (χ1n) is 4.46. The van der Waals surface area contributed by atoms with E-state index in [0.717, 1.165) is 0 Å². The molecule has 6 nitrogen and oxygen atoms in total. The molecule has 82 valence electrons. The molecule has 0 radical (unpaired) electrons. The molecule has 0 fully saturated rings. The van der Waals surface area contributed by atoms with Crippen molar-refractivity contribution in [3.63, 3.8) is 0 Å². The monoisotopic (exact) mass is 238 g/mol. The van der Waals surface area contributed by atoms with Gasteiger partial charge in [0.2, 0.25) is 0 Å². The summed E-state index contributed by atoms with van der Waals surface area (Å²) >= 11 is 0. The van der Waals surface area contributed by atoms with Crippen molar-refractivity contribution < 1.29 is 17.9 Å². The number of aliphatic imine (C=N–C) groups is 1. The van der Waals surface area contributed by atoms with Gasteiger partial charge in [-0.25, -0.2) is 13.1 Å². The minimum absolute atomic E-state index is 0.0431. The second-order valence-corrected chi connectivity index (χ2v) is 4.99. The van der Waals surface area contributed by atoms with Gasteiger partial charge in [0.1, 0.15) is 10.6 Å². The van der Waals surface area contributed by atoms with E-state index in [1.165, 1.54) is 12.3 Å². The molecule has 2 aliphatic heterocycles. The van der Waals surface area contributed by atoms with Gasteiger partial charge in [-0.1, -0.05) is 0 Å². The third-order valence-electron chi connectivity index (χ3n) is 2.41. The van der Waals surface area contributed by atoms with E-state index in [2.05, 4.69) is 4.99 Å². The molecule has 2 aliphatic rings. The number of hydrogen-bond acceptors (Lipinski definition) is 5. The van der Waals surface area contributed by atoms with Gasteiger partial charge in [-0.2, -0.15) is 0 Å². The first-order chi connectivity index (χ1) is 7.59. The summed E-state index contributed by atoms with van der Waals surface area (Å²) in [5.74, 6) is -0.189. The van der Waals surface area contributed by atoms with Crippen LogP contribution in [-0.2, 0) is 10.0 Å². The summed E-state index contributed by atoms with van der Waals surface area (Å²) in [5.41, 5.74) is 0.470. The van der Waals surface area contributed by atoms with Crippen molar-refractivity contribution in [3.05, 3.63) is 23.3 Å². The average Bonchev–Trinajstić information content (AvgIpc) is 2.49. The van der Waals surface area contributed by atoms with Crippen molar-refractivity contribution in [3.8, 4) is 5.75 Å². The highest BCUT2D eigenvalue weighted by Gasteiger charge is 2.36. The Bertz CT molecular complexity index is 633. The predicted molar refractivity (Wildman–Crippen MR) is 54.2 cm³/mol. The predicted octanol–water partition coefficient (Wildman–Crippen LogP) is -0.113. The zero-order chi connectivity index (χ0) is 11.3. The first kappa shape index (κ1) is 9.34. The molecule has 0 bridgehead atoms. The normalized spacial score (nSPS) is 19.6. The number of hydrogen-bond donors (Lipinski definition) is 1. The summed E-state index contributed by atoms with van der Waals surface area (Å²) in [5, 5.41) is 0. The molecule has 1 aromatic carbocycles. The van der Waals surface area contributed by atoms with E-state index in [4.69, 9.17) is 4.74 Å². The number of sulfonamides is 1. The van der Waals surface area contributed by atoms with Crippen LogP contribution in [0.3, 0.4) is 0 Å². The van der Waals surface area contributed by atoms with E-state index in [1.807, 2.05) is 4.72 Å². The molecule has 0 aliphatic carbocycles. The molecule has 1 aromatic rings. The average molecular weight is 238 g/mol. The zero-order valence-corrected chi connectivity index (χ0v) is 8.74.